The molecule has 0 N–H and O–H groups in total. The van der Waals surface area contributed by atoms with Crippen molar-refractivity contribution in [3.8, 4) is 11.5 Å². The number of carbonyl (C=O) groups is 1. The second kappa shape index (κ2) is 7.47. The van der Waals surface area contributed by atoms with Crippen molar-refractivity contribution >= 4 is 17.7 Å². The number of methoxy groups -OCH3 is 2. The van der Waals surface area contributed by atoms with Crippen molar-refractivity contribution in [3.05, 3.63) is 23.8 Å². The molecule has 0 bridgehead atoms. The number of rotatable bonds is 4. The van der Waals surface area contributed by atoms with E-state index in [4.69, 9.17) is 9.47 Å². The molecule has 1 heterocycles. The Balaban J connectivity index is 1.84. The lowest BCUT2D eigenvalue weighted by atomic mass is 9.88. The van der Waals surface area contributed by atoms with E-state index in [0.717, 1.165) is 42.2 Å². The molecule has 0 radical (unpaired) electrons. The van der Waals surface area contributed by atoms with Crippen molar-refractivity contribution in [1.29, 1.82) is 0 Å². The van der Waals surface area contributed by atoms with Crippen LogP contribution in [0.2, 0.25) is 0 Å². The number of ether oxygens (including phenoxy) is 2. The summed E-state index contributed by atoms with van der Waals surface area (Å²) in [6.45, 7) is 0.824. The average molecular weight is 335 g/mol. The van der Waals surface area contributed by atoms with Crippen LogP contribution in [-0.4, -0.2) is 37.3 Å². The Morgan fingerprint density at radius 2 is 1.96 bits per heavy atom. The number of amides is 1. The maximum absolute atomic E-state index is 13.0. The predicted molar refractivity (Wildman–Crippen MR) is 93.0 cm³/mol. The highest BCUT2D eigenvalue weighted by Crippen LogP contribution is 2.44. The Morgan fingerprint density at radius 3 is 2.65 bits per heavy atom. The first-order chi connectivity index (χ1) is 11.2. The number of hydrogen-bond donors (Lipinski definition) is 0. The van der Waals surface area contributed by atoms with E-state index in [-0.39, 0.29) is 11.3 Å². The molecule has 1 aliphatic heterocycles. The van der Waals surface area contributed by atoms with E-state index in [0.29, 0.717) is 5.91 Å². The number of nitrogens with zero attached hydrogens (tertiary/aromatic N) is 1. The maximum atomic E-state index is 13.0. The minimum Gasteiger partial charge on any atom is -0.497 e. The first-order valence-corrected chi connectivity index (χ1v) is 9.43. The fraction of sp³-hybridized carbons (Fsp3) is 0.611. The molecule has 1 saturated heterocycles. The second-order valence-electron chi connectivity index (χ2n) is 6.20. The molecule has 2 aliphatic rings. The summed E-state index contributed by atoms with van der Waals surface area (Å²) in [6.07, 6.45) is 5.73. The molecule has 2 fully saturated rings. The molecule has 5 heteroatoms. The van der Waals surface area contributed by atoms with Crippen molar-refractivity contribution in [2.75, 3.05) is 26.5 Å². The van der Waals surface area contributed by atoms with Crippen molar-refractivity contribution in [2.24, 2.45) is 5.92 Å². The summed E-state index contributed by atoms with van der Waals surface area (Å²) in [4.78, 5) is 15.0. The lowest BCUT2D eigenvalue weighted by Gasteiger charge is -2.30. The third-order valence-corrected chi connectivity index (χ3v) is 6.07. The largest absolute Gasteiger partial charge is 0.497 e. The maximum Gasteiger partial charge on any atom is 0.226 e. The molecule has 4 nitrogen and oxygen atoms in total. The summed E-state index contributed by atoms with van der Waals surface area (Å²) in [5, 5.41) is 0.0366. The molecule has 0 spiro atoms. The van der Waals surface area contributed by atoms with Crippen LogP contribution in [0.3, 0.4) is 0 Å². The smallest absolute Gasteiger partial charge is 0.226 e. The normalized spacial score (nSPS) is 22.2. The lowest BCUT2D eigenvalue weighted by molar-refractivity contribution is -0.136. The first kappa shape index (κ1) is 16.5. The molecular weight excluding hydrogens is 310 g/mol. The van der Waals surface area contributed by atoms with E-state index < -0.39 is 0 Å². The summed E-state index contributed by atoms with van der Waals surface area (Å²) in [6, 6.07) is 5.83. The molecule has 23 heavy (non-hydrogen) atoms. The minimum absolute atomic E-state index is 0.0366. The molecule has 1 unspecified atom stereocenters. The molecule has 1 amide bonds. The van der Waals surface area contributed by atoms with Gasteiger partial charge in [0.25, 0.3) is 0 Å². The zero-order valence-electron chi connectivity index (χ0n) is 13.9. The van der Waals surface area contributed by atoms with Gasteiger partial charge in [-0.15, -0.1) is 11.8 Å². The summed E-state index contributed by atoms with van der Waals surface area (Å²) in [7, 11) is 3.34. The molecule has 3 rings (SSSR count). The SMILES string of the molecule is COc1ccc(OC)c(C2SCCN2C(=O)C2CCCCC2)c1. The second-order valence-corrected chi connectivity index (χ2v) is 7.39. The highest BCUT2D eigenvalue weighted by atomic mass is 32.2. The van der Waals surface area contributed by atoms with Gasteiger partial charge >= 0.3 is 0 Å². The van der Waals surface area contributed by atoms with E-state index >= 15 is 0 Å². The Morgan fingerprint density at radius 1 is 1.17 bits per heavy atom. The van der Waals surface area contributed by atoms with Gasteiger partial charge < -0.3 is 14.4 Å². The van der Waals surface area contributed by atoms with Crippen LogP contribution in [0.1, 0.15) is 43.0 Å². The van der Waals surface area contributed by atoms with Crippen molar-refractivity contribution in [3.63, 3.8) is 0 Å². The number of carbonyl (C=O) groups excluding carboxylic acids is 1. The van der Waals surface area contributed by atoms with E-state index in [2.05, 4.69) is 4.90 Å². The van der Waals surface area contributed by atoms with Crippen molar-refractivity contribution < 1.29 is 14.3 Å². The fourth-order valence-corrected chi connectivity index (χ4v) is 4.85. The summed E-state index contributed by atoms with van der Waals surface area (Å²) in [5.41, 5.74) is 1.04. The van der Waals surface area contributed by atoms with Crippen LogP contribution in [0.15, 0.2) is 18.2 Å². The molecule has 126 valence electrons. The van der Waals surface area contributed by atoms with Gasteiger partial charge in [-0.25, -0.2) is 0 Å². The van der Waals surface area contributed by atoms with Crippen LogP contribution in [0.4, 0.5) is 0 Å². The average Bonchev–Trinajstić information content (AvgIpc) is 3.10. The van der Waals surface area contributed by atoms with Gasteiger partial charge in [0.15, 0.2) is 0 Å². The minimum atomic E-state index is 0.0366. The Bertz CT molecular complexity index is 557. The zero-order chi connectivity index (χ0) is 16.2. The van der Waals surface area contributed by atoms with E-state index in [1.54, 1.807) is 14.2 Å². The van der Waals surface area contributed by atoms with Crippen LogP contribution in [-0.2, 0) is 4.79 Å². The third kappa shape index (κ3) is 3.44. The van der Waals surface area contributed by atoms with Gasteiger partial charge in [0.1, 0.15) is 16.9 Å². The van der Waals surface area contributed by atoms with Crippen LogP contribution in [0.5, 0.6) is 11.5 Å². The highest BCUT2D eigenvalue weighted by molar-refractivity contribution is 7.99. The topological polar surface area (TPSA) is 38.8 Å². The standard InChI is InChI=1S/C18H25NO3S/c1-21-14-8-9-16(22-2)15(12-14)18-19(10-11-23-18)17(20)13-6-4-3-5-7-13/h8-9,12-13,18H,3-7,10-11H2,1-2H3. The fourth-order valence-electron chi connectivity index (χ4n) is 3.57. The van der Waals surface area contributed by atoms with Gasteiger partial charge in [0, 0.05) is 23.8 Å². The van der Waals surface area contributed by atoms with Gasteiger partial charge in [0.05, 0.1) is 14.2 Å². The van der Waals surface area contributed by atoms with E-state index in [1.807, 2.05) is 30.0 Å². The highest BCUT2D eigenvalue weighted by Gasteiger charge is 2.36. The molecule has 1 aromatic rings. The number of thioether (sulfide) groups is 1. The van der Waals surface area contributed by atoms with Crippen molar-refractivity contribution in [2.45, 2.75) is 37.5 Å². The van der Waals surface area contributed by atoms with Gasteiger partial charge in [0.2, 0.25) is 5.91 Å². The van der Waals surface area contributed by atoms with Gasteiger partial charge in [-0.2, -0.15) is 0 Å². The monoisotopic (exact) mass is 335 g/mol. The predicted octanol–water partition coefficient (Wildman–Crippen LogP) is 3.86. The lowest BCUT2D eigenvalue weighted by Crippen LogP contribution is -2.36. The quantitative estimate of drug-likeness (QED) is 0.837. The van der Waals surface area contributed by atoms with Gasteiger partial charge in [-0.05, 0) is 31.0 Å². The summed E-state index contributed by atoms with van der Waals surface area (Å²) in [5.74, 6) is 3.14. The summed E-state index contributed by atoms with van der Waals surface area (Å²) < 4.78 is 10.9. The van der Waals surface area contributed by atoms with E-state index in [1.165, 1.54) is 19.3 Å². The summed E-state index contributed by atoms with van der Waals surface area (Å²) >= 11 is 1.81. The molecule has 1 saturated carbocycles. The van der Waals surface area contributed by atoms with Crippen LogP contribution >= 0.6 is 11.8 Å². The molecule has 1 aromatic carbocycles. The Labute approximate surface area is 142 Å². The zero-order valence-corrected chi connectivity index (χ0v) is 14.7. The van der Waals surface area contributed by atoms with Gasteiger partial charge in [-0.3, -0.25) is 4.79 Å². The van der Waals surface area contributed by atoms with E-state index in [9.17, 15) is 4.79 Å². The van der Waals surface area contributed by atoms with Crippen LogP contribution in [0.25, 0.3) is 0 Å². The van der Waals surface area contributed by atoms with Crippen LogP contribution in [0, 0.1) is 5.92 Å². The van der Waals surface area contributed by atoms with Crippen LogP contribution < -0.4 is 9.47 Å². The number of benzene rings is 1. The van der Waals surface area contributed by atoms with Crippen molar-refractivity contribution in [1.82, 2.24) is 4.90 Å². The Kier molecular flexibility index (Phi) is 5.36. The Hall–Kier alpha value is -1.36. The molecular formula is C18H25NO3S. The molecule has 0 aromatic heterocycles. The third-order valence-electron chi connectivity index (χ3n) is 4.83. The molecule has 1 aliphatic carbocycles. The molecule has 1 atom stereocenters. The number of hydrogen-bond acceptors (Lipinski definition) is 4. The van der Waals surface area contributed by atoms with Gasteiger partial charge in [-0.1, -0.05) is 19.3 Å². The first-order valence-electron chi connectivity index (χ1n) is 8.38.